The van der Waals surface area contributed by atoms with Crippen molar-refractivity contribution >= 4 is 5.65 Å². The Bertz CT molecular complexity index is 1100. The minimum absolute atomic E-state index is 0.197. The topological polar surface area (TPSA) is 50.2 Å². The molecule has 1 N–H and O–H groups in total. The fraction of sp³-hybridized carbons (Fsp3) is 0.0526. The molecular weight excluding hydrogens is 305 g/mol. The van der Waals surface area contributed by atoms with E-state index in [0.29, 0.717) is 22.6 Å². The Morgan fingerprint density at radius 2 is 1.75 bits per heavy atom. The number of halogens is 1. The SMILES string of the molecule is Cc1cc(=O)n2[nH]c(-c3cccc(F)c3)c(-c3ccccc3)c2n1. The minimum Gasteiger partial charge on any atom is -0.288 e. The van der Waals surface area contributed by atoms with Gasteiger partial charge in [0, 0.05) is 17.3 Å². The van der Waals surface area contributed by atoms with Gasteiger partial charge in [-0.25, -0.2) is 13.9 Å². The van der Waals surface area contributed by atoms with Gasteiger partial charge in [-0.2, -0.15) is 0 Å². The van der Waals surface area contributed by atoms with Gasteiger partial charge < -0.3 is 0 Å². The van der Waals surface area contributed by atoms with Gasteiger partial charge >= 0.3 is 0 Å². The Labute approximate surface area is 137 Å². The number of benzene rings is 2. The van der Waals surface area contributed by atoms with Gasteiger partial charge in [0.25, 0.3) is 5.56 Å². The quantitative estimate of drug-likeness (QED) is 0.611. The van der Waals surface area contributed by atoms with Crippen molar-refractivity contribution in [2.45, 2.75) is 6.92 Å². The van der Waals surface area contributed by atoms with E-state index >= 15 is 0 Å². The summed E-state index contributed by atoms with van der Waals surface area (Å²) in [5.74, 6) is -0.332. The molecule has 0 unspecified atom stereocenters. The molecule has 4 nitrogen and oxygen atoms in total. The molecular formula is C19H14FN3O. The summed E-state index contributed by atoms with van der Waals surface area (Å²) in [5.41, 5.74) is 3.99. The molecule has 4 aromatic rings. The van der Waals surface area contributed by atoms with Crippen LogP contribution in [0.5, 0.6) is 0 Å². The molecule has 0 saturated heterocycles. The summed E-state index contributed by atoms with van der Waals surface area (Å²) in [4.78, 5) is 16.8. The molecule has 4 rings (SSSR count). The molecule has 0 aliphatic heterocycles. The molecule has 5 heteroatoms. The van der Waals surface area contributed by atoms with E-state index in [2.05, 4.69) is 10.1 Å². The second kappa shape index (κ2) is 5.45. The first kappa shape index (κ1) is 14.4. The van der Waals surface area contributed by atoms with Crippen molar-refractivity contribution in [3.05, 3.63) is 82.5 Å². The number of aromatic amines is 1. The fourth-order valence-corrected chi connectivity index (χ4v) is 2.88. The Hall–Kier alpha value is -3.21. The van der Waals surface area contributed by atoms with Crippen molar-refractivity contribution in [3.8, 4) is 22.4 Å². The molecule has 2 aromatic heterocycles. The summed E-state index contributed by atoms with van der Waals surface area (Å²) in [6, 6.07) is 17.4. The third-order valence-electron chi connectivity index (χ3n) is 3.92. The number of H-pyrrole nitrogens is 1. The van der Waals surface area contributed by atoms with E-state index in [1.54, 1.807) is 19.1 Å². The van der Waals surface area contributed by atoms with E-state index in [1.165, 1.54) is 22.7 Å². The van der Waals surface area contributed by atoms with Crippen LogP contribution in [0.3, 0.4) is 0 Å². The van der Waals surface area contributed by atoms with E-state index in [-0.39, 0.29) is 11.4 Å². The number of fused-ring (bicyclic) bond motifs is 1. The molecule has 118 valence electrons. The lowest BCUT2D eigenvalue weighted by molar-refractivity contribution is 0.628. The molecule has 0 bridgehead atoms. The summed E-state index contributed by atoms with van der Waals surface area (Å²) in [5, 5.41) is 3.08. The van der Waals surface area contributed by atoms with Gasteiger partial charge in [-0.05, 0) is 24.6 Å². The highest BCUT2D eigenvalue weighted by molar-refractivity contribution is 5.90. The average Bonchev–Trinajstić information content (AvgIpc) is 2.95. The molecule has 0 atom stereocenters. The molecule has 0 aliphatic rings. The predicted molar refractivity (Wildman–Crippen MR) is 91.4 cm³/mol. The van der Waals surface area contributed by atoms with E-state index in [0.717, 1.165) is 11.1 Å². The highest BCUT2D eigenvalue weighted by atomic mass is 19.1. The standard InChI is InChI=1S/C19H14FN3O/c1-12-10-16(24)23-19(21-12)17(13-6-3-2-4-7-13)18(22-23)14-8-5-9-15(20)11-14/h2-11,22H,1H3. The Balaban J connectivity index is 2.13. The maximum Gasteiger partial charge on any atom is 0.272 e. The highest BCUT2D eigenvalue weighted by Crippen LogP contribution is 2.33. The molecule has 24 heavy (non-hydrogen) atoms. The summed E-state index contributed by atoms with van der Waals surface area (Å²) in [7, 11) is 0. The number of hydrogen-bond donors (Lipinski definition) is 1. The van der Waals surface area contributed by atoms with Crippen LogP contribution in [0.4, 0.5) is 4.39 Å². The third kappa shape index (κ3) is 2.31. The van der Waals surface area contributed by atoms with Crippen LogP contribution in [-0.4, -0.2) is 14.6 Å². The number of nitrogens with one attached hydrogen (secondary N) is 1. The number of rotatable bonds is 2. The first-order valence-electron chi connectivity index (χ1n) is 7.57. The molecule has 0 aliphatic carbocycles. The van der Waals surface area contributed by atoms with E-state index in [4.69, 9.17) is 0 Å². The smallest absolute Gasteiger partial charge is 0.272 e. The number of aryl methyl sites for hydroxylation is 1. The predicted octanol–water partition coefficient (Wildman–Crippen LogP) is 3.80. The lowest BCUT2D eigenvalue weighted by Gasteiger charge is -2.04. The van der Waals surface area contributed by atoms with Crippen molar-refractivity contribution in [1.29, 1.82) is 0 Å². The van der Waals surface area contributed by atoms with Gasteiger partial charge in [-0.1, -0.05) is 42.5 Å². The molecule has 2 aromatic carbocycles. The Morgan fingerprint density at radius 3 is 2.50 bits per heavy atom. The van der Waals surface area contributed by atoms with Crippen LogP contribution in [0.1, 0.15) is 5.69 Å². The van der Waals surface area contributed by atoms with Crippen molar-refractivity contribution in [2.75, 3.05) is 0 Å². The molecule has 0 radical (unpaired) electrons. The Kier molecular flexibility index (Phi) is 3.27. The zero-order valence-corrected chi connectivity index (χ0v) is 13.0. The average molecular weight is 319 g/mol. The van der Waals surface area contributed by atoms with E-state index in [9.17, 15) is 9.18 Å². The third-order valence-corrected chi connectivity index (χ3v) is 3.92. The highest BCUT2D eigenvalue weighted by Gasteiger charge is 2.18. The first-order valence-corrected chi connectivity index (χ1v) is 7.57. The van der Waals surface area contributed by atoms with E-state index < -0.39 is 0 Å². The second-order valence-corrected chi connectivity index (χ2v) is 5.63. The van der Waals surface area contributed by atoms with Crippen LogP contribution in [0.15, 0.2) is 65.5 Å². The van der Waals surface area contributed by atoms with Crippen molar-refractivity contribution < 1.29 is 4.39 Å². The van der Waals surface area contributed by atoms with Gasteiger partial charge in [0.15, 0.2) is 5.65 Å². The van der Waals surface area contributed by atoms with E-state index in [1.807, 2.05) is 30.3 Å². The molecule has 0 saturated carbocycles. The van der Waals surface area contributed by atoms with Gasteiger partial charge in [-0.15, -0.1) is 0 Å². The summed E-state index contributed by atoms with van der Waals surface area (Å²) < 4.78 is 15.1. The number of nitrogens with zero attached hydrogens (tertiary/aromatic N) is 2. The van der Waals surface area contributed by atoms with Crippen LogP contribution in [0.25, 0.3) is 28.0 Å². The van der Waals surface area contributed by atoms with Crippen LogP contribution in [0.2, 0.25) is 0 Å². The van der Waals surface area contributed by atoms with Crippen molar-refractivity contribution in [2.24, 2.45) is 0 Å². The Morgan fingerprint density at radius 1 is 1.00 bits per heavy atom. The van der Waals surface area contributed by atoms with Gasteiger partial charge in [0.2, 0.25) is 0 Å². The molecule has 0 spiro atoms. The number of aromatic nitrogens is 3. The molecule has 2 heterocycles. The lowest BCUT2D eigenvalue weighted by atomic mass is 10.0. The summed E-state index contributed by atoms with van der Waals surface area (Å²) in [6.45, 7) is 1.78. The van der Waals surface area contributed by atoms with Crippen LogP contribution in [0, 0.1) is 12.7 Å². The maximum absolute atomic E-state index is 13.7. The molecule has 0 amide bonds. The van der Waals surface area contributed by atoms with Gasteiger partial charge in [0.1, 0.15) is 5.82 Å². The van der Waals surface area contributed by atoms with Crippen molar-refractivity contribution in [1.82, 2.24) is 14.6 Å². The van der Waals surface area contributed by atoms with Crippen molar-refractivity contribution in [3.63, 3.8) is 0 Å². The monoisotopic (exact) mass is 319 g/mol. The number of hydrogen-bond acceptors (Lipinski definition) is 2. The van der Waals surface area contributed by atoms with Crippen LogP contribution < -0.4 is 5.56 Å². The summed E-state index contributed by atoms with van der Waals surface area (Å²) in [6.07, 6.45) is 0. The fourth-order valence-electron chi connectivity index (χ4n) is 2.88. The largest absolute Gasteiger partial charge is 0.288 e. The summed E-state index contributed by atoms with van der Waals surface area (Å²) >= 11 is 0. The molecule has 0 fully saturated rings. The normalized spacial score (nSPS) is 11.1. The zero-order chi connectivity index (χ0) is 16.7. The minimum atomic E-state index is -0.332. The lowest BCUT2D eigenvalue weighted by Crippen LogP contribution is -2.14. The van der Waals surface area contributed by atoms with Gasteiger partial charge in [-0.3, -0.25) is 9.89 Å². The van der Waals surface area contributed by atoms with Crippen LogP contribution >= 0.6 is 0 Å². The van der Waals surface area contributed by atoms with Gasteiger partial charge in [0.05, 0.1) is 11.3 Å². The van der Waals surface area contributed by atoms with Crippen LogP contribution in [-0.2, 0) is 0 Å². The zero-order valence-electron chi connectivity index (χ0n) is 13.0. The second-order valence-electron chi connectivity index (χ2n) is 5.63. The first-order chi connectivity index (χ1) is 11.6. The maximum atomic E-state index is 13.7.